The fraction of sp³-hybridized carbons (Fsp3) is 0.200. The van der Waals surface area contributed by atoms with E-state index in [1.807, 2.05) is 24.3 Å². The summed E-state index contributed by atoms with van der Waals surface area (Å²) in [4.78, 5) is 0. The molecule has 74 valence electrons. The minimum absolute atomic E-state index is 0.907. The Hall–Kier alpha value is 0.0335. The number of hydrogen-bond donors (Lipinski definition) is 0. The van der Waals surface area contributed by atoms with Crippen molar-refractivity contribution in [3.63, 3.8) is 0 Å². The number of halogens is 2. The van der Waals surface area contributed by atoms with Gasteiger partial charge in [-0.2, -0.15) is 0 Å². The molecule has 0 nitrogen and oxygen atoms in total. The normalized spacial score (nSPS) is 22.0. The Morgan fingerprint density at radius 3 is 1.69 bits per heavy atom. The Morgan fingerprint density at radius 1 is 0.923 bits per heavy atom. The first-order valence-electron chi connectivity index (χ1n) is 3.99. The summed E-state index contributed by atoms with van der Waals surface area (Å²) in [6.45, 7) is 0. The Morgan fingerprint density at radius 2 is 1.38 bits per heavy atom. The van der Waals surface area contributed by atoms with E-state index in [1.54, 1.807) is 0 Å². The molecule has 0 spiro atoms. The second-order valence-electron chi connectivity index (χ2n) is 2.78. The van der Waals surface area contributed by atoms with Gasteiger partial charge in [0.05, 0.1) is 0 Å². The molecule has 2 aliphatic rings. The van der Waals surface area contributed by atoms with Crippen molar-refractivity contribution in [3.8, 4) is 0 Å². The topological polar surface area (TPSA) is 0 Å². The average molecular weight is 260 g/mol. The summed E-state index contributed by atoms with van der Waals surface area (Å²) in [5.74, 6) is 0. The van der Waals surface area contributed by atoms with E-state index in [0.717, 1.165) is 12.8 Å². The molecule has 0 amide bonds. The fourth-order valence-electron chi connectivity index (χ4n) is 1.24. The van der Waals surface area contributed by atoms with Crippen LogP contribution >= 0.6 is 20.4 Å². The predicted molar refractivity (Wildman–Crippen MR) is 55.4 cm³/mol. The van der Waals surface area contributed by atoms with E-state index < -0.39 is 10.6 Å². The van der Waals surface area contributed by atoms with Crippen molar-refractivity contribution < 1.29 is 10.6 Å². The van der Waals surface area contributed by atoms with Gasteiger partial charge < -0.3 is 0 Å². The quantitative estimate of drug-likeness (QED) is 0.654. The van der Waals surface area contributed by atoms with Crippen LogP contribution in [-0.2, 0) is 10.6 Å². The van der Waals surface area contributed by atoms with E-state index in [-0.39, 0.29) is 0 Å². The molecule has 0 N–H and O–H groups in total. The summed E-state index contributed by atoms with van der Waals surface area (Å²) in [5, 5.41) is 0. The zero-order valence-corrected chi connectivity index (χ0v) is 9.45. The molecule has 0 saturated carbocycles. The summed E-state index contributed by atoms with van der Waals surface area (Å²) >= 11 is 0. The molecule has 0 unspecified atom stereocenters. The molecule has 0 aromatic rings. The third-order valence-electron chi connectivity index (χ3n) is 1.92. The molecule has 3 heteroatoms. The van der Waals surface area contributed by atoms with E-state index >= 15 is 0 Å². The fourth-order valence-corrected chi connectivity index (χ4v) is 4.45. The van der Waals surface area contributed by atoms with Gasteiger partial charge in [-0.3, -0.25) is 0 Å². The van der Waals surface area contributed by atoms with Crippen LogP contribution < -0.4 is 0 Å². The molecule has 2 aliphatic carbocycles. The number of allylic oxidation sites excluding steroid dienone is 8. The molecule has 0 fully saturated rings. The van der Waals surface area contributed by atoms with Gasteiger partial charge in [0.25, 0.3) is 0 Å². The van der Waals surface area contributed by atoms with E-state index in [9.17, 15) is 0 Å². The van der Waals surface area contributed by atoms with Crippen molar-refractivity contribution in [1.82, 2.24) is 0 Å². The van der Waals surface area contributed by atoms with E-state index in [2.05, 4.69) is 12.2 Å². The van der Waals surface area contributed by atoms with Crippen LogP contribution in [0.15, 0.2) is 45.5 Å². The molecule has 0 heterocycles. The van der Waals surface area contributed by atoms with Gasteiger partial charge in [-0.1, -0.05) is 0 Å². The third-order valence-corrected chi connectivity index (χ3v) is 6.77. The van der Waals surface area contributed by atoms with Gasteiger partial charge in [-0.15, -0.1) is 0 Å². The number of hydrogen-bond acceptors (Lipinski definition) is 0. The van der Waals surface area contributed by atoms with Crippen LogP contribution in [0.25, 0.3) is 0 Å². The van der Waals surface area contributed by atoms with Crippen molar-refractivity contribution >= 4 is 20.4 Å². The Bertz CT molecular complexity index is 303. The van der Waals surface area contributed by atoms with Crippen LogP contribution in [0.5, 0.6) is 0 Å². The van der Waals surface area contributed by atoms with Gasteiger partial charge >= 0.3 is 89.4 Å². The molecular formula is C10H10Cl2Ni. The number of rotatable bonds is 2. The molecule has 0 atom stereocenters. The second kappa shape index (κ2) is 3.65. The molecule has 0 bridgehead atoms. The monoisotopic (exact) mass is 258 g/mol. The molecule has 0 radical (unpaired) electrons. The van der Waals surface area contributed by atoms with Crippen LogP contribution in [0.3, 0.4) is 0 Å². The average Bonchev–Trinajstić information content (AvgIpc) is 2.78. The van der Waals surface area contributed by atoms with Crippen molar-refractivity contribution in [1.29, 1.82) is 0 Å². The first-order chi connectivity index (χ1) is 6.21. The van der Waals surface area contributed by atoms with Crippen LogP contribution in [0.1, 0.15) is 12.8 Å². The van der Waals surface area contributed by atoms with Crippen molar-refractivity contribution in [2.45, 2.75) is 12.8 Å². The van der Waals surface area contributed by atoms with Crippen LogP contribution in [0, 0.1) is 0 Å². The second-order valence-corrected chi connectivity index (χ2v) is 8.64. The van der Waals surface area contributed by atoms with Crippen molar-refractivity contribution in [2.75, 3.05) is 0 Å². The van der Waals surface area contributed by atoms with Crippen molar-refractivity contribution in [2.24, 2.45) is 0 Å². The molecule has 0 saturated heterocycles. The zero-order valence-electron chi connectivity index (χ0n) is 6.95. The van der Waals surface area contributed by atoms with Gasteiger partial charge in [0.2, 0.25) is 0 Å². The summed E-state index contributed by atoms with van der Waals surface area (Å²) in [7, 11) is 11.0. The molecule has 2 rings (SSSR count). The molecular weight excluding hydrogens is 250 g/mol. The summed E-state index contributed by atoms with van der Waals surface area (Å²) in [6.07, 6.45) is 14.1. The van der Waals surface area contributed by atoms with Gasteiger partial charge in [0.15, 0.2) is 0 Å². The molecule has 0 aromatic heterocycles. The standard InChI is InChI=1S/2C5H5.2ClH.Ni/c2*1-2-4-5-3-1;;;/h2*1-3H,4H2;2*1H;/q;;;;+2/p-2. The molecule has 0 aliphatic heterocycles. The van der Waals surface area contributed by atoms with Gasteiger partial charge in [0, 0.05) is 0 Å². The zero-order chi connectivity index (χ0) is 9.31. The minimum atomic E-state index is -1.81. The van der Waals surface area contributed by atoms with Gasteiger partial charge in [0.1, 0.15) is 0 Å². The van der Waals surface area contributed by atoms with E-state index in [4.69, 9.17) is 20.4 Å². The summed E-state index contributed by atoms with van der Waals surface area (Å²) < 4.78 is 2.34. The Labute approximate surface area is 89.2 Å². The predicted octanol–water partition coefficient (Wildman–Crippen LogP) is 4.14. The van der Waals surface area contributed by atoms with Crippen LogP contribution in [0.4, 0.5) is 0 Å². The summed E-state index contributed by atoms with van der Waals surface area (Å²) in [5.41, 5.74) is 0. The third kappa shape index (κ3) is 1.79. The van der Waals surface area contributed by atoms with Crippen LogP contribution in [0.2, 0.25) is 0 Å². The Kier molecular flexibility index (Phi) is 2.69. The van der Waals surface area contributed by atoms with E-state index in [0.29, 0.717) is 0 Å². The Balaban J connectivity index is 2.20. The first-order valence-corrected chi connectivity index (χ1v) is 7.69. The maximum absolute atomic E-state index is 6.39. The SMILES string of the molecule is [Cl][Ni]([Cl])([C]1=CC=CC1)[C]1=CC=CC1. The van der Waals surface area contributed by atoms with Crippen molar-refractivity contribution in [3.05, 3.63) is 45.5 Å². The summed E-state index contributed by atoms with van der Waals surface area (Å²) in [6, 6.07) is 0. The van der Waals surface area contributed by atoms with Crippen LogP contribution in [-0.4, -0.2) is 0 Å². The molecule has 13 heavy (non-hydrogen) atoms. The van der Waals surface area contributed by atoms with E-state index in [1.165, 1.54) is 9.09 Å². The first kappa shape index (κ1) is 9.58. The maximum atomic E-state index is 6.39. The van der Waals surface area contributed by atoms with Gasteiger partial charge in [-0.25, -0.2) is 0 Å². The van der Waals surface area contributed by atoms with Gasteiger partial charge in [-0.05, 0) is 0 Å². The molecule has 0 aromatic carbocycles.